The highest BCUT2D eigenvalue weighted by molar-refractivity contribution is 4.46. The molecule has 0 aliphatic carbocycles. The van der Waals surface area contributed by atoms with E-state index >= 15 is 0 Å². The van der Waals surface area contributed by atoms with Crippen molar-refractivity contribution < 1.29 is 24.4 Å². The molecule has 2 unspecified atom stereocenters. The molecule has 0 radical (unpaired) electrons. The molecular weight excluding hydrogens is 272 g/mol. The van der Waals surface area contributed by atoms with Crippen molar-refractivity contribution in [2.45, 2.75) is 66.1 Å². The maximum atomic E-state index is 8.11. The summed E-state index contributed by atoms with van der Waals surface area (Å²) in [5, 5.41) is 16.0. The monoisotopic (exact) mass is 310 g/mol. The highest BCUT2D eigenvalue weighted by atomic mass is 16.5. The van der Waals surface area contributed by atoms with E-state index in [4.69, 9.17) is 24.4 Å². The summed E-state index contributed by atoms with van der Waals surface area (Å²) in [4.78, 5) is 0. The molecule has 0 saturated heterocycles. The molecule has 0 heterocycles. The Morgan fingerprint density at radius 3 is 1.67 bits per heavy atom. The zero-order valence-electron chi connectivity index (χ0n) is 14.9. The van der Waals surface area contributed by atoms with Gasteiger partial charge >= 0.3 is 0 Å². The number of hydrogen-bond donors (Lipinski definition) is 2. The van der Waals surface area contributed by atoms with Crippen LogP contribution in [0.5, 0.6) is 0 Å². The van der Waals surface area contributed by atoms with Gasteiger partial charge in [0.05, 0.1) is 25.4 Å². The lowest BCUT2D eigenvalue weighted by molar-refractivity contribution is -0.00611. The summed E-state index contributed by atoms with van der Waals surface area (Å²) in [5.74, 6) is 0. The molecule has 132 valence electrons. The van der Waals surface area contributed by atoms with Gasteiger partial charge in [-0.15, -0.1) is 0 Å². The number of ether oxygens (including phenoxy) is 3. The Bertz CT molecular complexity index is 152. The smallest absolute Gasteiger partial charge is 0.0780 e. The molecule has 0 aromatic carbocycles. The normalized spacial score (nSPS) is 12.6. The van der Waals surface area contributed by atoms with Gasteiger partial charge in [-0.1, -0.05) is 20.8 Å². The van der Waals surface area contributed by atoms with Crippen molar-refractivity contribution in [3.63, 3.8) is 0 Å². The fraction of sp³-hybridized carbons (Fsp3) is 1.00. The molecule has 0 aromatic rings. The summed E-state index contributed by atoms with van der Waals surface area (Å²) in [6.07, 6.45) is 2.98. The van der Waals surface area contributed by atoms with Crippen LogP contribution >= 0.6 is 0 Å². The molecule has 0 rings (SSSR count). The zero-order valence-corrected chi connectivity index (χ0v) is 14.9. The molecule has 0 fully saturated rings. The van der Waals surface area contributed by atoms with E-state index in [2.05, 4.69) is 20.8 Å². The standard InChI is InChI=1S/C9H20O2.C4H10O.C3H8O2/c1-4-6-10-8-9(3)11-7-5-2;1-3-4-5-2;1-3(5)2-4/h9H,4-8H2,1-3H3;3-4H2,1-2H3;3-5H,2H2,1H3. The highest BCUT2D eigenvalue weighted by Crippen LogP contribution is 1.93. The summed E-state index contributed by atoms with van der Waals surface area (Å²) in [5.41, 5.74) is 0. The van der Waals surface area contributed by atoms with Gasteiger partial charge in [-0.05, 0) is 33.1 Å². The van der Waals surface area contributed by atoms with Crippen LogP contribution in [-0.4, -0.2) is 62.6 Å². The van der Waals surface area contributed by atoms with Gasteiger partial charge in [0.25, 0.3) is 0 Å². The van der Waals surface area contributed by atoms with Gasteiger partial charge in [-0.2, -0.15) is 0 Å². The van der Waals surface area contributed by atoms with Gasteiger partial charge in [-0.25, -0.2) is 0 Å². The van der Waals surface area contributed by atoms with Gasteiger partial charge in [-0.3, -0.25) is 0 Å². The zero-order chi connectivity index (χ0) is 16.9. The average molecular weight is 310 g/mol. The molecule has 21 heavy (non-hydrogen) atoms. The molecule has 0 saturated carbocycles. The molecule has 0 amide bonds. The minimum Gasteiger partial charge on any atom is -0.394 e. The van der Waals surface area contributed by atoms with Gasteiger partial charge in [0.15, 0.2) is 0 Å². The second-order valence-corrected chi connectivity index (χ2v) is 4.78. The Kier molecular flexibility index (Phi) is 30.4. The van der Waals surface area contributed by atoms with E-state index in [9.17, 15) is 0 Å². The second kappa shape index (κ2) is 24.8. The van der Waals surface area contributed by atoms with Gasteiger partial charge < -0.3 is 24.4 Å². The van der Waals surface area contributed by atoms with E-state index in [1.165, 1.54) is 6.92 Å². The molecular formula is C16H38O5. The number of methoxy groups -OCH3 is 1. The lowest BCUT2D eigenvalue weighted by Crippen LogP contribution is -2.16. The van der Waals surface area contributed by atoms with E-state index in [1.54, 1.807) is 7.11 Å². The first kappa shape index (κ1) is 25.7. The number of aliphatic hydroxyl groups excluding tert-OH is 2. The molecule has 5 heteroatoms. The molecule has 0 aliphatic heterocycles. The number of aliphatic hydroxyl groups is 2. The number of rotatable bonds is 10. The maximum Gasteiger partial charge on any atom is 0.0780 e. The Hall–Kier alpha value is -0.200. The third kappa shape index (κ3) is 38.3. The third-order valence-electron chi connectivity index (χ3n) is 1.98. The Balaban J connectivity index is -0.000000270. The first-order chi connectivity index (χ1) is 9.99. The summed E-state index contributed by atoms with van der Waals surface area (Å²) in [7, 11) is 1.71. The van der Waals surface area contributed by atoms with Crippen molar-refractivity contribution in [1.29, 1.82) is 0 Å². The van der Waals surface area contributed by atoms with Gasteiger partial charge in [0, 0.05) is 26.9 Å². The molecule has 0 aromatic heterocycles. The quantitative estimate of drug-likeness (QED) is 0.607. The fourth-order valence-corrected chi connectivity index (χ4v) is 0.965. The number of hydrogen-bond acceptors (Lipinski definition) is 5. The summed E-state index contributed by atoms with van der Waals surface area (Å²) in [6, 6.07) is 0. The SMILES string of the molecule is CC(O)CO.CCCOC.CCCOCC(C)OCCC. The fourth-order valence-electron chi connectivity index (χ4n) is 0.965. The largest absolute Gasteiger partial charge is 0.394 e. The van der Waals surface area contributed by atoms with Crippen LogP contribution in [-0.2, 0) is 14.2 Å². The first-order valence-electron chi connectivity index (χ1n) is 7.97. The minimum atomic E-state index is -0.560. The molecule has 2 N–H and O–H groups in total. The molecule has 0 spiro atoms. The Labute approximate surface area is 131 Å². The van der Waals surface area contributed by atoms with Crippen LogP contribution in [0.1, 0.15) is 53.9 Å². The maximum absolute atomic E-state index is 8.11. The minimum absolute atomic E-state index is 0.139. The van der Waals surface area contributed by atoms with Crippen molar-refractivity contribution in [1.82, 2.24) is 0 Å². The van der Waals surface area contributed by atoms with Crippen molar-refractivity contribution in [3.8, 4) is 0 Å². The van der Waals surface area contributed by atoms with Crippen LogP contribution in [0.4, 0.5) is 0 Å². The van der Waals surface area contributed by atoms with Crippen LogP contribution < -0.4 is 0 Å². The average Bonchev–Trinajstić information content (AvgIpc) is 2.47. The van der Waals surface area contributed by atoms with E-state index in [1.807, 2.05) is 6.92 Å². The van der Waals surface area contributed by atoms with E-state index < -0.39 is 6.10 Å². The summed E-state index contributed by atoms with van der Waals surface area (Å²) in [6.45, 7) is 13.1. The third-order valence-corrected chi connectivity index (χ3v) is 1.98. The first-order valence-corrected chi connectivity index (χ1v) is 7.97. The molecule has 0 bridgehead atoms. The van der Waals surface area contributed by atoms with Crippen molar-refractivity contribution in [2.75, 3.05) is 40.1 Å². The van der Waals surface area contributed by atoms with Crippen LogP contribution in [0.2, 0.25) is 0 Å². The van der Waals surface area contributed by atoms with E-state index in [-0.39, 0.29) is 12.7 Å². The van der Waals surface area contributed by atoms with Crippen molar-refractivity contribution in [3.05, 3.63) is 0 Å². The summed E-state index contributed by atoms with van der Waals surface area (Å²) < 4.78 is 15.4. The second-order valence-electron chi connectivity index (χ2n) is 4.78. The summed E-state index contributed by atoms with van der Waals surface area (Å²) >= 11 is 0. The van der Waals surface area contributed by atoms with E-state index in [0.717, 1.165) is 45.7 Å². The van der Waals surface area contributed by atoms with Crippen molar-refractivity contribution >= 4 is 0 Å². The van der Waals surface area contributed by atoms with Crippen LogP contribution in [0.3, 0.4) is 0 Å². The lowest BCUT2D eigenvalue weighted by atomic mass is 10.4. The lowest BCUT2D eigenvalue weighted by Gasteiger charge is -2.11. The topological polar surface area (TPSA) is 68.2 Å². The Morgan fingerprint density at radius 1 is 0.905 bits per heavy atom. The van der Waals surface area contributed by atoms with Gasteiger partial charge in [0.1, 0.15) is 0 Å². The predicted molar refractivity (Wildman–Crippen MR) is 87.7 cm³/mol. The highest BCUT2D eigenvalue weighted by Gasteiger charge is 1.99. The van der Waals surface area contributed by atoms with Crippen LogP contribution in [0.15, 0.2) is 0 Å². The Morgan fingerprint density at radius 2 is 1.38 bits per heavy atom. The molecule has 5 nitrogen and oxygen atoms in total. The van der Waals surface area contributed by atoms with Crippen molar-refractivity contribution in [2.24, 2.45) is 0 Å². The van der Waals surface area contributed by atoms with Crippen LogP contribution in [0, 0.1) is 0 Å². The molecule has 0 aliphatic rings. The predicted octanol–water partition coefficient (Wildman–Crippen LogP) is 2.63. The van der Waals surface area contributed by atoms with E-state index in [0.29, 0.717) is 0 Å². The van der Waals surface area contributed by atoms with Crippen LogP contribution in [0.25, 0.3) is 0 Å². The molecule has 2 atom stereocenters. The van der Waals surface area contributed by atoms with Gasteiger partial charge in [0.2, 0.25) is 0 Å².